The van der Waals surface area contributed by atoms with Crippen LogP contribution in [0.5, 0.6) is 0 Å². The number of amides is 1. The Kier molecular flexibility index (Phi) is 13.2. The Hall–Kier alpha value is -4.79. The zero-order chi connectivity index (χ0) is 28.7. The van der Waals surface area contributed by atoms with Gasteiger partial charge in [0.2, 0.25) is 5.95 Å². The van der Waals surface area contributed by atoms with Crippen LogP contribution in [0, 0.1) is 12.3 Å². The Morgan fingerprint density at radius 2 is 1.82 bits per heavy atom. The zero-order valence-electron chi connectivity index (χ0n) is 21.4. The fraction of sp³-hybridized carbons (Fsp3) is 0.346. The molecule has 0 saturated carbocycles. The topological polar surface area (TPSA) is 206 Å². The molecule has 1 aromatic heterocycles. The van der Waals surface area contributed by atoms with Gasteiger partial charge in [-0.3, -0.25) is 14.6 Å². The first-order valence-corrected chi connectivity index (χ1v) is 11.7. The Balaban J connectivity index is 0.00000229. The van der Waals surface area contributed by atoms with Crippen molar-refractivity contribution in [1.82, 2.24) is 15.3 Å². The van der Waals surface area contributed by atoms with Crippen LogP contribution in [0.15, 0.2) is 34.3 Å². The van der Waals surface area contributed by atoms with Gasteiger partial charge in [-0.05, 0) is 62.9 Å². The summed E-state index contributed by atoms with van der Waals surface area (Å²) in [5.74, 6) is -0.207. The van der Waals surface area contributed by atoms with Gasteiger partial charge in [-0.15, -0.1) is 12.3 Å². The molecule has 0 spiro atoms. The van der Waals surface area contributed by atoms with E-state index < -0.39 is 23.9 Å². The fourth-order valence-corrected chi connectivity index (χ4v) is 3.43. The van der Waals surface area contributed by atoms with Crippen LogP contribution in [-0.2, 0) is 9.59 Å². The molecule has 0 aliphatic rings. The number of anilines is 2. The van der Waals surface area contributed by atoms with Gasteiger partial charge < -0.3 is 27.0 Å². The average Bonchev–Trinajstić information content (AvgIpc) is 2.86. The first-order chi connectivity index (χ1) is 18.1. The number of rotatable bonds is 13. The maximum Gasteiger partial charge on any atom is 0.326 e. The fourth-order valence-electron chi connectivity index (χ4n) is 3.43. The van der Waals surface area contributed by atoms with E-state index in [4.69, 9.17) is 16.6 Å². The molecule has 2 rings (SSSR count). The van der Waals surface area contributed by atoms with Crippen molar-refractivity contribution in [3.63, 3.8) is 0 Å². The highest BCUT2D eigenvalue weighted by Gasteiger charge is 2.22. The number of aromatic nitrogens is 2. The minimum absolute atomic E-state index is 0.00540. The summed E-state index contributed by atoms with van der Waals surface area (Å²) in [5.41, 5.74) is 13.0. The molecule has 1 amide bonds. The molecule has 0 radical (unpaired) electrons. The van der Waals surface area contributed by atoms with Gasteiger partial charge in [0.15, 0.2) is 11.6 Å². The third kappa shape index (κ3) is 10.1. The van der Waals surface area contributed by atoms with Crippen LogP contribution in [-0.4, -0.2) is 57.0 Å². The molecule has 7 N–H and O–H groups in total. The Labute approximate surface area is 221 Å². The Morgan fingerprint density at radius 1 is 1.18 bits per heavy atom. The van der Waals surface area contributed by atoms with Crippen molar-refractivity contribution in [1.29, 1.82) is 0 Å². The number of hydrogen-bond donors (Lipinski definition) is 5. The van der Waals surface area contributed by atoms with E-state index in [0.29, 0.717) is 6.42 Å². The molecular formula is C26H33N7O5. The SMILES string of the molecule is C#CC.C=Nc1c(N)nc(N)nc1N=CCCC(CC)c1ccc(C(=O)N[C@@H](CCC(=O)O)C(=O)O)cc1. The second kappa shape index (κ2) is 16.1. The van der Waals surface area contributed by atoms with Crippen molar-refractivity contribution in [3.05, 3.63) is 35.4 Å². The normalized spacial score (nSPS) is 11.9. The number of carboxylic acids is 2. The van der Waals surface area contributed by atoms with E-state index in [2.05, 4.69) is 44.3 Å². The highest BCUT2D eigenvalue weighted by Crippen LogP contribution is 2.31. The van der Waals surface area contributed by atoms with Crippen molar-refractivity contribution in [2.45, 2.75) is 57.9 Å². The van der Waals surface area contributed by atoms with E-state index in [-0.39, 0.29) is 47.6 Å². The first kappa shape index (κ1) is 31.2. The monoisotopic (exact) mass is 523 g/mol. The predicted octanol–water partition coefficient (Wildman–Crippen LogP) is 3.34. The Bertz CT molecular complexity index is 1190. The number of nitrogens with two attached hydrogens (primary N) is 2. The second-order valence-electron chi connectivity index (χ2n) is 8.00. The maximum atomic E-state index is 12.4. The van der Waals surface area contributed by atoms with E-state index in [1.54, 1.807) is 25.3 Å². The highest BCUT2D eigenvalue weighted by molar-refractivity contribution is 5.96. The van der Waals surface area contributed by atoms with Crippen molar-refractivity contribution in [3.8, 4) is 12.3 Å². The lowest BCUT2D eigenvalue weighted by Crippen LogP contribution is -2.41. The average molecular weight is 524 g/mol. The van der Waals surface area contributed by atoms with Crippen molar-refractivity contribution in [2.24, 2.45) is 9.98 Å². The molecule has 1 heterocycles. The van der Waals surface area contributed by atoms with Gasteiger partial charge >= 0.3 is 11.9 Å². The number of nitrogens with one attached hydrogen (secondary N) is 1. The first-order valence-electron chi connectivity index (χ1n) is 11.7. The van der Waals surface area contributed by atoms with Gasteiger partial charge in [0.1, 0.15) is 11.7 Å². The number of hydrogen-bond acceptors (Lipinski definition) is 9. The zero-order valence-corrected chi connectivity index (χ0v) is 21.4. The molecular weight excluding hydrogens is 490 g/mol. The van der Waals surface area contributed by atoms with Crippen LogP contribution in [0.2, 0.25) is 0 Å². The van der Waals surface area contributed by atoms with E-state index in [1.807, 2.05) is 19.1 Å². The number of carbonyl (C=O) groups is 3. The molecule has 12 nitrogen and oxygen atoms in total. The summed E-state index contributed by atoms with van der Waals surface area (Å²) in [7, 11) is 0. The standard InChI is InChI=1S/C23H29N7O5.C3H4/c1-3-13(5-4-12-27-20-18(26-2)19(24)29-23(25)30-20)14-6-8-15(9-7-14)21(33)28-16(22(34)35)10-11-17(31)32;1-3-2/h6-9,12-13,16H,2-5,10-11H2,1H3,(H,28,33)(H,31,32)(H,34,35)(H4,24,25,29,30);1H,2H3/t13?,16-;/m0./s1. The summed E-state index contributed by atoms with van der Waals surface area (Å²) in [6.45, 7) is 7.15. The van der Waals surface area contributed by atoms with Crippen molar-refractivity contribution < 1.29 is 24.6 Å². The minimum atomic E-state index is -1.28. The van der Waals surface area contributed by atoms with E-state index in [0.717, 1.165) is 18.4 Å². The maximum absolute atomic E-state index is 12.4. The van der Waals surface area contributed by atoms with Crippen LogP contribution < -0.4 is 16.8 Å². The number of carbonyl (C=O) groups excluding carboxylic acids is 1. The van der Waals surface area contributed by atoms with Gasteiger partial charge in [0.25, 0.3) is 5.91 Å². The van der Waals surface area contributed by atoms with E-state index >= 15 is 0 Å². The summed E-state index contributed by atoms with van der Waals surface area (Å²) in [6, 6.07) is 5.59. The molecule has 38 heavy (non-hydrogen) atoms. The minimum Gasteiger partial charge on any atom is -0.481 e. The lowest BCUT2D eigenvalue weighted by Gasteiger charge is -2.16. The molecule has 2 atom stereocenters. The quantitative estimate of drug-likeness (QED) is 0.192. The highest BCUT2D eigenvalue weighted by atomic mass is 16.4. The third-order valence-corrected chi connectivity index (χ3v) is 5.31. The summed E-state index contributed by atoms with van der Waals surface area (Å²) in [4.78, 5) is 50.4. The van der Waals surface area contributed by atoms with Gasteiger partial charge in [-0.25, -0.2) is 9.79 Å². The molecule has 0 aliphatic heterocycles. The summed E-state index contributed by atoms with van der Waals surface area (Å²) >= 11 is 0. The number of benzene rings is 1. The van der Waals surface area contributed by atoms with E-state index in [9.17, 15) is 19.5 Å². The number of terminal acetylenes is 1. The molecule has 202 valence electrons. The van der Waals surface area contributed by atoms with Crippen molar-refractivity contribution in [2.75, 3.05) is 11.5 Å². The van der Waals surface area contributed by atoms with Gasteiger partial charge in [-0.2, -0.15) is 9.97 Å². The molecule has 1 aromatic carbocycles. The van der Waals surface area contributed by atoms with Crippen LogP contribution in [0.25, 0.3) is 0 Å². The predicted molar refractivity (Wildman–Crippen MR) is 147 cm³/mol. The summed E-state index contributed by atoms with van der Waals surface area (Å²) in [5, 5.41) is 20.3. The molecule has 0 bridgehead atoms. The number of nitrogen functional groups attached to an aromatic ring is 2. The molecule has 12 heteroatoms. The third-order valence-electron chi connectivity index (χ3n) is 5.31. The van der Waals surface area contributed by atoms with Crippen LogP contribution >= 0.6 is 0 Å². The number of carboxylic acid groups (broad SMARTS) is 2. The van der Waals surface area contributed by atoms with Gasteiger partial charge in [0, 0.05) is 18.2 Å². The van der Waals surface area contributed by atoms with Crippen LogP contribution in [0.3, 0.4) is 0 Å². The van der Waals surface area contributed by atoms with Crippen molar-refractivity contribution >= 4 is 54.0 Å². The lowest BCUT2D eigenvalue weighted by atomic mass is 9.91. The molecule has 0 fully saturated rings. The van der Waals surface area contributed by atoms with E-state index in [1.165, 1.54) is 0 Å². The number of nitrogens with zero attached hydrogens (tertiary/aromatic N) is 4. The summed E-state index contributed by atoms with van der Waals surface area (Å²) < 4.78 is 0. The number of aliphatic imine (C=N–C) groups is 2. The second-order valence-corrected chi connectivity index (χ2v) is 8.00. The lowest BCUT2D eigenvalue weighted by molar-refractivity contribution is -0.140. The smallest absolute Gasteiger partial charge is 0.326 e. The Morgan fingerprint density at radius 3 is 2.34 bits per heavy atom. The molecule has 1 unspecified atom stereocenters. The van der Waals surface area contributed by atoms with Gasteiger partial charge in [0.05, 0.1) is 0 Å². The van der Waals surface area contributed by atoms with Crippen LogP contribution in [0.1, 0.15) is 67.8 Å². The largest absolute Gasteiger partial charge is 0.481 e. The molecule has 2 aromatic rings. The number of aliphatic carboxylic acids is 2. The van der Waals surface area contributed by atoms with Gasteiger partial charge in [-0.1, -0.05) is 19.1 Å². The van der Waals surface area contributed by atoms with Crippen LogP contribution in [0.4, 0.5) is 23.3 Å². The molecule has 0 aliphatic carbocycles. The summed E-state index contributed by atoms with van der Waals surface area (Å²) in [6.07, 6.45) is 7.99. The molecule has 0 saturated heterocycles.